The molecule has 1 aromatic heterocycles. The van der Waals surface area contributed by atoms with E-state index in [1.54, 1.807) is 12.1 Å². The van der Waals surface area contributed by atoms with E-state index in [9.17, 15) is 4.79 Å². The maximum Gasteiger partial charge on any atom is 0.257 e. The summed E-state index contributed by atoms with van der Waals surface area (Å²) in [5, 5.41) is 3.45. The van der Waals surface area contributed by atoms with Gasteiger partial charge in [0.1, 0.15) is 0 Å². The van der Waals surface area contributed by atoms with Crippen LogP contribution in [0.3, 0.4) is 0 Å². The molecule has 3 nitrogen and oxygen atoms in total. The maximum atomic E-state index is 12.2. The van der Waals surface area contributed by atoms with Crippen LogP contribution in [0.15, 0.2) is 42.5 Å². The lowest BCUT2D eigenvalue weighted by atomic mass is 10.1. The van der Waals surface area contributed by atoms with Crippen LogP contribution in [-0.2, 0) is 5.88 Å². The summed E-state index contributed by atoms with van der Waals surface area (Å²) in [4.78, 5) is 16.7. The highest BCUT2D eigenvalue weighted by Gasteiger charge is 2.10. The molecule has 1 N–H and O–H groups in total. The number of thiazole rings is 1. The van der Waals surface area contributed by atoms with Gasteiger partial charge in [-0.25, -0.2) is 4.98 Å². The molecule has 3 aromatic rings. The van der Waals surface area contributed by atoms with Gasteiger partial charge in [0.25, 0.3) is 5.91 Å². The number of hydrogen-bond donors (Lipinski definition) is 1. The first-order valence-corrected chi connectivity index (χ1v) is 7.84. The Bertz CT molecular complexity index is 813. The van der Waals surface area contributed by atoms with Crippen molar-refractivity contribution in [2.24, 2.45) is 0 Å². The molecule has 1 heterocycles. The fourth-order valence-corrected chi connectivity index (χ4v) is 3.18. The Morgan fingerprint density at radius 2 is 2.14 bits per heavy atom. The van der Waals surface area contributed by atoms with E-state index in [2.05, 4.69) is 16.4 Å². The van der Waals surface area contributed by atoms with Crippen LogP contribution in [0, 0.1) is 6.92 Å². The third kappa shape index (κ3) is 3.06. The summed E-state index contributed by atoms with van der Waals surface area (Å²) < 4.78 is 1.07. The topological polar surface area (TPSA) is 42.0 Å². The number of nitrogens with one attached hydrogen (secondary N) is 1. The maximum absolute atomic E-state index is 12.2. The lowest BCUT2D eigenvalue weighted by molar-refractivity contribution is 0.102. The molecule has 0 aliphatic carbocycles. The molecule has 0 fully saturated rings. The summed E-state index contributed by atoms with van der Waals surface area (Å²) in [6.07, 6.45) is 0. The number of aromatic nitrogens is 1. The highest BCUT2D eigenvalue weighted by molar-refractivity contribution is 7.22. The van der Waals surface area contributed by atoms with E-state index < -0.39 is 0 Å². The number of aryl methyl sites for hydroxylation is 1. The first kappa shape index (κ1) is 14.0. The Labute approximate surface area is 131 Å². The Morgan fingerprint density at radius 3 is 2.95 bits per heavy atom. The summed E-state index contributed by atoms with van der Waals surface area (Å²) in [5.74, 6) is 0.222. The Morgan fingerprint density at radius 1 is 1.29 bits per heavy atom. The normalized spacial score (nSPS) is 10.8. The molecule has 0 bridgehead atoms. The van der Waals surface area contributed by atoms with Gasteiger partial charge in [0, 0.05) is 11.4 Å². The molecule has 21 heavy (non-hydrogen) atoms. The van der Waals surface area contributed by atoms with Gasteiger partial charge in [-0.3, -0.25) is 10.1 Å². The second kappa shape index (κ2) is 5.84. The van der Waals surface area contributed by atoms with Crippen LogP contribution in [0.1, 0.15) is 21.5 Å². The van der Waals surface area contributed by atoms with Crippen LogP contribution < -0.4 is 5.32 Å². The highest BCUT2D eigenvalue weighted by atomic mass is 35.5. The second-order valence-electron chi connectivity index (χ2n) is 4.78. The number of alkyl halides is 1. The SMILES string of the molecule is Cc1ccc2nc(NC(=O)c3cccc(CCl)c3)sc2c1. The number of carbonyl (C=O) groups excluding carboxylic acids is 1. The third-order valence-electron chi connectivity index (χ3n) is 3.11. The van der Waals surface area contributed by atoms with Gasteiger partial charge < -0.3 is 0 Å². The van der Waals surface area contributed by atoms with E-state index in [-0.39, 0.29) is 5.91 Å². The molecule has 0 radical (unpaired) electrons. The van der Waals surface area contributed by atoms with Crippen molar-refractivity contribution in [2.45, 2.75) is 12.8 Å². The number of anilines is 1. The van der Waals surface area contributed by atoms with Crippen LogP contribution >= 0.6 is 22.9 Å². The number of amides is 1. The molecular weight excluding hydrogens is 304 g/mol. The monoisotopic (exact) mass is 316 g/mol. The van der Waals surface area contributed by atoms with Gasteiger partial charge in [0.05, 0.1) is 10.2 Å². The van der Waals surface area contributed by atoms with Gasteiger partial charge in [0.2, 0.25) is 0 Å². The molecule has 0 saturated heterocycles. The number of fused-ring (bicyclic) bond motifs is 1. The van der Waals surface area contributed by atoms with E-state index >= 15 is 0 Å². The Hall–Kier alpha value is -1.91. The van der Waals surface area contributed by atoms with Crippen LogP contribution in [0.5, 0.6) is 0 Å². The molecule has 0 atom stereocenters. The van der Waals surface area contributed by atoms with Crippen LogP contribution in [0.2, 0.25) is 0 Å². The zero-order chi connectivity index (χ0) is 14.8. The molecule has 2 aromatic carbocycles. The van der Waals surface area contributed by atoms with E-state index in [1.807, 2.05) is 31.2 Å². The molecule has 0 saturated carbocycles. The lowest BCUT2D eigenvalue weighted by Crippen LogP contribution is -2.11. The number of rotatable bonds is 3. The van der Waals surface area contributed by atoms with E-state index in [4.69, 9.17) is 11.6 Å². The molecule has 3 rings (SSSR count). The van der Waals surface area contributed by atoms with Gasteiger partial charge in [-0.05, 0) is 42.3 Å². The summed E-state index contributed by atoms with van der Waals surface area (Å²) in [6.45, 7) is 2.04. The minimum atomic E-state index is -0.169. The molecular formula is C16H13ClN2OS. The van der Waals surface area contributed by atoms with Crippen LogP contribution in [-0.4, -0.2) is 10.9 Å². The molecule has 0 aliphatic heterocycles. The van der Waals surface area contributed by atoms with Crippen LogP contribution in [0.25, 0.3) is 10.2 Å². The van der Waals surface area contributed by atoms with Crippen molar-refractivity contribution in [2.75, 3.05) is 5.32 Å². The fourth-order valence-electron chi connectivity index (χ4n) is 2.05. The average molecular weight is 317 g/mol. The fraction of sp³-hybridized carbons (Fsp3) is 0.125. The van der Waals surface area contributed by atoms with Crippen molar-refractivity contribution < 1.29 is 4.79 Å². The third-order valence-corrected chi connectivity index (χ3v) is 4.35. The minimum absolute atomic E-state index is 0.169. The van der Waals surface area contributed by atoms with E-state index in [0.29, 0.717) is 16.6 Å². The average Bonchev–Trinajstić information content (AvgIpc) is 2.88. The van der Waals surface area contributed by atoms with Crippen molar-refractivity contribution in [3.63, 3.8) is 0 Å². The smallest absolute Gasteiger partial charge is 0.257 e. The Balaban J connectivity index is 1.85. The van der Waals surface area contributed by atoms with Gasteiger partial charge in [0.15, 0.2) is 5.13 Å². The quantitative estimate of drug-likeness (QED) is 0.718. The number of halogens is 1. The summed E-state index contributed by atoms with van der Waals surface area (Å²) >= 11 is 7.27. The van der Waals surface area contributed by atoms with Gasteiger partial charge in [-0.15, -0.1) is 11.6 Å². The molecule has 106 valence electrons. The Kier molecular flexibility index (Phi) is 3.90. The first-order chi connectivity index (χ1) is 10.2. The van der Waals surface area contributed by atoms with E-state index in [0.717, 1.165) is 15.8 Å². The molecule has 0 unspecified atom stereocenters. The number of nitrogens with zero attached hydrogens (tertiary/aromatic N) is 1. The van der Waals surface area contributed by atoms with Gasteiger partial charge >= 0.3 is 0 Å². The summed E-state index contributed by atoms with van der Waals surface area (Å²) in [5.41, 5.74) is 3.59. The largest absolute Gasteiger partial charge is 0.298 e. The molecule has 5 heteroatoms. The first-order valence-electron chi connectivity index (χ1n) is 6.49. The standard InChI is InChI=1S/C16H13ClN2OS/c1-10-5-6-13-14(7-10)21-16(18-13)19-15(20)12-4-2-3-11(8-12)9-17/h2-8H,9H2,1H3,(H,18,19,20). The van der Waals surface area contributed by atoms with Gasteiger partial charge in [-0.1, -0.05) is 29.5 Å². The van der Waals surface area contributed by atoms with E-state index in [1.165, 1.54) is 16.9 Å². The molecule has 1 amide bonds. The second-order valence-corrected chi connectivity index (χ2v) is 6.08. The highest BCUT2D eigenvalue weighted by Crippen LogP contribution is 2.27. The predicted octanol–water partition coefficient (Wildman–Crippen LogP) is 4.60. The number of carbonyl (C=O) groups is 1. The van der Waals surface area contributed by atoms with Crippen molar-refractivity contribution in [1.29, 1.82) is 0 Å². The summed E-state index contributed by atoms with van der Waals surface area (Å²) in [6, 6.07) is 13.3. The number of hydrogen-bond acceptors (Lipinski definition) is 3. The van der Waals surface area contributed by atoms with Crippen molar-refractivity contribution >= 4 is 44.2 Å². The predicted molar refractivity (Wildman–Crippen MR) is 88.3 cm³/mol. The van der Waals surface area contributed by atoms with Gasteiger partial charge in [-0.2, -0.15) is 0 Å². The van der Waals surface area contributed by atoms with Crippen molar-refractivity contribution in [3.8, 4) is 0 Å². The summed E-state index contributed by atoms with van der Waals surface area (Å²) in [7, 11) is 0. The van der Waals surface area contributed by atoms with Crippen molar-refractivity contribution in [3.05, 3.63) is 59.2 Å². The lowest BCUT2D eigenvalue weighted by Gasteiger charge is -2.03. The zero-order valence-corrected chi connectivity index (χ0v) is 13.0. The molecule has 0 spiro atoms. The minimum Gasteiger partial charge on any atom is -0.298 e. The van der Waals surface area contributed by atoms with Crippen LogP contribution in [0.4, 0.5) is 5.13 Å². The van der Waals surface area contributed by atoms with Crippen molar-refractivity contribution in [1.82, 2.24) is 4.98 Å². The molecule has 0 aliphatic rings. The number of benzene rings is 2. The zero-order valence-electron chi connectivity index (χ0n) is 11.4.